The molecule has 0 amide bonds. The van der Waals surface area contributed by atoms with Crippen molar-refractivity contribution in [3.05, 3.63) is 50.4 Å². The Morgan fingerprint density at radius 3 is 2.83 bits per heavy atom. The van der Waals surface area contributed by atoms with Gasteiger partial charge in [-0.1, -0.05) is 28.1 Å². The van der Waals surface area contributed by atoms with Crippen LogP contribution in [0.1, 0.15) is 34.7 Å². The van der Waals surface area contributed by atoms with Gasteiger partial charge in [0.15, 0.2) is 5.96 Å². The molecule has 0 aliphatic heterocycles. The summed E-state index contributed by atoms with van der Waals surface area (Å²) in [6.07, 6.45) is 3.99. The molecule has 0 spiro atoms. The molecule has 1 fully saturated rings. The van der Waals surface area contributed by atoms with E-state index in [2.05, 4.69) is 69.7 Å². The van der Waals surface area contributed by atoms with Crippen LogP contribution in [0.3, 0.4) is 0 Å². The number of benzene rings is 1. The number of nitrogens with zero attached hydrogens (tertiary/aromatic N) is 2. The van der Waals surface area contributed by atoms with Gasteiger partial charge in [-0.05, 0) is 38.0 Å². The number of aromatic nitrogens is 1. The number of aliphatic imine (C=N–C) groups is 1. The van der Waals surface area contributed by atoms with Crippen LogP contribution in [-0.4, -0.2) is 30.1 Å². The lowest BCUT2D eigenvalue weighted by Crippen LogP contribution is -2.39. The number of rotatable bonds is 6. The number of hydrogen-bond acceptors (Lipinski definition) is 3. The first-order valence-corrected chi connectivity index (χ1v) is 9.98. The molecule has 1 aliphatic carbocycles. The van der Waals surface area contributed by atoms with E-state index in [-0.39, 0.29) is 0 Å². The van der Waals surface area contributed by atoms with E-state index in [4.69, 9.17) is 4.99 Å². The molecule has 1 heterocycles. The van der Waals surface area contributed by atoms with Crippen molar-refractivity contribution in [3.8, 4) is 0 Å². The third-order valence-corrected chi connectivity index (χ3v) is 5.52. The van der Waals surface area contributed by atoms with Crippen LogP contribution in [0.2, 0.25) is 0 Å². The van der Waals surface area contributed by atoms with E-state index >= 15 is 0 Å². The van der Waals surface area contributed by atoms with Crippen molar-refractivity contribution in [1.29, 1.82) is 0 Å². The standard InChI is InChI=1S/C18H23BrN4S/c1-3-20-18(21-9-8-17-22-11-12(2)24-17)23-16-10-15(16)13-4-6-14(19)7-5-13/h4-7,11,15-16H,3,8-10H2,1-2H3,(H2,20,21,23). The second-order valence-electron chi connectivity index (χ2n) is 6.02. The van der Waals surface area contributed by atoms with Crippen molar-refractivity contribution >= 4 is 33.2 Å². The quantitative estimate of drug-likeness (QED) is 0.565. The van der Waals surface area contributed by atoms with E-state index < -0.39 is 0 Å². The van der Waals surface area contributed by atoms with E-state index in [1.165, 1.54) is 10.4 Å². The Labute approximate surface area is 155 Å². The Bertz CT molecular complexity index is 695. The van der Waals surface area contributed by atoms with Crippen LogP contribution in [0.25, 0.3) is 0 Å². The maximum absolute atomic E-state index is 4.69. The summed E-state index contributed by atoms with van der Waals surface area (Å²) >= 11 is 5.24. The van der Waals surface area contributed by atoms with Crippen molar-refractivity contribution in [3.63, 3.8) is 0 Å². The lowest BCUT2D eigenvalue weighted by atomic mass is 10.1. The van der Waals surface area contributed by atoms with E-state index in [0.29, 0.717) is 12.0 Å². The highest BCUT2D eigenvalue weighted by atomic mass is 79.9. The number of hydrogen-bond donors (Lipinski definition) is 2. The van der Waals surface area contributed by atoms with Gasteiger partial charge in [0.05, 0.1) is 5.01 Å². The maximum atomic E-state index is 4.69. The second kappa shape index (κ2) is 8.12. The molecule has 4 nitrogen and oxygen atoms in total. The largest absolute Gasteiger partial charge is 0.357 e. The van der Waals surface area contributed by atoms with Crippen LogP contribution in [0.15, 0.2) is 39.9 Å². The summed E-state index contributed by atoms with van der Waals surface area (Å²) in [5.74, 6) is 1.50. The van der Waals surface area contributed by atoms with Crippen LogP contribution in [-0.2, 0) is 6.42 Å². The zero-order chi connectivity index (χ0) is 16.9. The minimum absolute atomic E-state index is 0.478. The van der Waals surface area contributed by atoms with Crippen LogP contribution in [0, 0.1) is 6.92 Å². The van der Waals surface area contributed by atoms with Crippen molar-refractivity contribution in [2.24, 2.45) is 4.99 Å². The molecule has 1 saturated carbocycles. The van der Waals surface area contributed by atoms with E-state index in [9.17, 15) is 0 Å². The van der Waals surface area contributed by atoms with Gasteiger partial charge in [0.1, 0.15) is 0 Å². The molecule has 6 heteroatoms. The molecule has 1 aromatic heterocycles. The summed E-state index contributed by atoms with van der Waals surface area (Å²) < 4.78 is 1.13. The van der Waals surface area contributed by atoms with Gasteiger partial charge in [0.25, 0.3) is 0 Å². The molecule has 0 radical (unpaired) electrons. The lowest BCUT2D eigenvalue weighted by molar-refractivity contribution is 0.791. The summed E-state index contributed by atoms with van der Waals surface area (Å²) in [6.45, 7) is 5.82. The fourth-order valence-corrected chi connectivity index (χ4v) is 3.75. The average molecular weight is 407 g/mol. The molecule has 1 aromatic carbocycles. The Balaban J connectivity index is 1.52. The second-order valence-corrected chi connectivity index (χ2v) is 8.25. The highest BCUT2D eigenvalue weighted by molar-refractivity contribution is 9.10. The summed E-state index contributed by atoms with van der Waals surface area (Å²) in [7, 11) is 0. The van der Waals surface area contributed by atoms with Gasteiger partial charge >= 0.3 is 0 Å². The molecule has 128 valence electrons. The minimum Gasteiger partial charge on any atom is -0.357 e. The van der Waals surface area contributed by atoms with Gasteiger partial charge < -0.3 is 10.6 Å². The van der Waals surface area contributed by atoms with Gasteiger partial charge in [-0.25, -0.2) is 4.98 Å². The normalized spacial score (nSPS) is 20.0. The molecule has 0 bridgehead atoms. The molecule has 2 aromatic rings. The Morgan fingerprint density at radius 1 is 1.38 bits per heavy atom. The number of halogens is 1. The van der Waals surface area contributed by atoms with Crippen LogP contribution < -0.4 is 10.6 Å². The summed E-state index contributed by atoms with van der Waals surface area (Å²) in [5.41, 5.74) is 1.39. The van der Waals surface area contributed by atoms with Gasteiger partial charge in [0.2, 0.25) is 0 Å². The van der Waals surface area contributed by atoms with Gasteiger partial charge in [0, 0.05) is 47.0 Å². The molecule has 2 atom stereocenters. The maximum Gasteiger partial charge on any atom is 0.191 e. The Hall–Kier alpha value is -1.40. The number of thiazole rings is 1. The highest BCUT2D eigenvalue weighted by Gasteiger charge is 2.38. The van der Waals surface area contributed by atoms with Crippen LogP contribution in [0.4, 0.5) is 0 Å². The third kappa shape index (κ3) is 4.80. The molecule has 2 unspecified atom stereocenters. The highest BCUT2D eigenvalue weighted by Crippen LogP contribution is 2.40. The fourth-order valence-electron chi connectivity index (χ4n) is 2.71. The molecule has 24 heavy (non-hydrogen) atoms. The topological polar surface area (TPSA) is 49.3 Å². The van der Waals surface area contributed by atoms with E-state index in [1.54, 1.807) is 11.3 Å². The lowest BCUT2D eigenvalue weighted by Gasteiger charge is -2.11. The van der Waals surface area contributed by atoms with Gasteiger partial charge in [-0.15, -0.1) is 11.3 Å². The van der Waals surface area contributed by atoms with E-state index in [1.807, 2.05) is 6.20 Å². The van der Waals surface area contributed by atoms with Gasteiger partial charge in [-0.2, -0.15) is 0 Å². The molecular formula is C18H23BrN4S. The Kier molecular flexibility index (Phi) is 5.89. The van der Waals surface area contributed by atoms with Crippen molar-refractivity contribution < 1.29 is 0 Å². The zero-order valence-electron chi connectivity index (χ0n) is 14.1. The Morgan fingerprint density at radius 2 is 2.17 bits per heavy atom. The SMILES string of the molecule is CCNC(=NCCc1ncc(C)s1)NC1CC1c1ccc(Br)cc1. The molecule has 0 saturated heterocycles. The third-order valence-electron chi connectivity index (χ3n) is 4.02. The van der Waals surface area contributed by atoms with Gasteiger partial charge in [-0.3, -0.25) is 4.99 Å². The monoisotopic (exact) mass is 406 g/mol. The number of guanidine groups is 1. The first kappa shape index (κ1) is 17.4. The number of aryl methyl sites for hydroxylation is 1. The molecule has 2 N–H and O–H groups in total. The average Bonchev–Trinajstić information content (AvgIpc) is 3.20. The summed E-state index contributed by atoms with van der Waals surface area (Å²) in [5, 5.41) is 8.06. The first-order valence-electron chi connectivity index (χ1n) is 8.37. The van der Waals surface area contributed by atoms with Crippen molar-refractivity contribution in [2.45, 2.75) is 38.6 Å². The first-order chi connectivity index (χ1) is 11.7. The molecule has 1 aliphatic rings. The summed E-state index contributed by atoms with van der Waals surface area (Å²) in [6, 6.07) is 9.10. The zero-order valence-corrected chi connectivity index (χ0v) is 16.5. The van der Waals surface area contributed by atoms with Crippen molar-refractivity contribution in [2.75, 3.05) is 13.1 Å². The molecule has 3 rings (SSSR count). The van der Waals surface area contributed by atoms with E-state index in [0.717, 1.165) is 41.4 Å². The predicted octanol–water partition coefficient (Wildman–Crippen LogP) is 3.87. The van der Waals surface area contributed by atoms with Crippen LogP contribution in [0.5, 0.6) is 0 Å². The smallest absolute Gasteiger partial charge is 0.191 e. The fraction of sp³-hybridized carbons (Fsp3) is 0.444. The molecular weight excluding hydrogens is 384 g/mol. The minimum atomic E-state index is 0.478. The number of nitrogens with one attached hydrogen (secondary N) is 2. The predicted molar refractivity (Wildman–Crippen MR) is 105 cm³/mol. The van der Waals surface area contributed by atoms with Crippen molar-refractivity contribution in [1.82, 2.24) is 15.6 Å². The summed E-state index contributed by atoms with van der Waals surface area (Å²) in [4.78, 5) is 10.3. The van der Waals surface area contributed by atoms with Crippen LogP contribution >= 0.6 is 27.3 Å².